The fourth-order valence-corrected chi connectivity index (χ4v) is 3.24. The summed E-state index contributed by atoms with van der Waals surface area (Å²) < 4.78 is 11.4. The number of benzene rings is 1. The third-order valence-corrected chi connectivity index (χ3v) is 4.34. The lowest BCUT2D eigenvalue weighted by molar-refractivity contribution is 0.154. The minimum absolute atomic E-state index is 0.261. The van der Waals surface area contributed by atoms with Gasteiger partial charge >= 0.3 is 6.09 Å². The number of aliphatic imine (C=N–C) groups is 1. The van der Waals surface area contributed by atoms with Crippen LogP contribution in [0.1, 0.15) is 24.5 Å². The SMILES string of the molecule is CCOC(=O)NC1=NC2(CCc3ccc(Br)cc3C2)CO1. The number of alkyl carbamates (subject to hydrolysis) is 1. The highest BCUT2D eigenvalue weighted by Crippen LogP contribution is 2.35. The zero-order chi connectivity index (χ0) is 14.9. The van der Waals surface area contributed by atoms with Gasteiger partial charge in [0.1, 0.15) is 12.1 Å². The molecule has 21 heavy (non-hydrogen) atoms. The van der Waals surface area contributed by atoms with Crippen molar-refractivity contribution in [1.82, 2.24) is 5.32 Å². The standard InChI is InChI=1S/C15H17BrN2O3/c1-2-20-14(19)17-13-18-15(9-21-13)6-5-10-3-4-12(16)7-11(10)8-15/h3-4,7H,2,5-6,8-9H2,1H3,(H,17,18,19). The summed E-state index contributed by atoms with van der Waals surface area (Å²) in [5.41, 5.74) is 2.40. The van der Waals surface area contributed by atoms with Gasteiger partial charge in [0.15, 0.2) is 0 Å². The summed E-state index contributed by atoms with van der Waals surface area (Å²) in [4.78, 5) is 16.0. The number of fused-ring (bicyclic) bond motifs is 1. The molecular weight excluding hydrogens is 336 g/mol. The third-order valence-electron chi connectivity index (χ3n) is 3.85. The Morgan fingerprint density at radius 3 is 3.19 bits per heavy atom. The van der Waals surface area contributed by atoms with E-state index in [2.05, 4.69) is 44.4 Å². The summed E-state index contributed by atoms with van der Waals surface area (Å²) in [6.45, 7) is 2.58. The number of nitrogens with zero attached hydrogens (tertiary/aromatic N) is 1. The van der Waals surface area contributed by atoms with Gasteiger partial charge in [-0.05, 0) is 43.0 Å². The number of carbonyl (C=O) groups excluding carboxylic acids is 1. The number of rotatable bonds is 1. The molecule has 6 heteroatoms. The molecule has 0 aromatic heterocycles. The van der Waals surface area contributed by atoms with Gasteiger partial charge in [0, 0.05) is 10.9 Å². The molecule has 1 aromatic carbocycles. The number of amidine groups is 1. The van der Waals surface area contributed by atoms with Crippen molar-refractivity contribution in [2.75, 3.05) is 13.2 Å². The van der Waals surface area contributed by atoms with Gasteiger partial charge in [-0.15, -0.1) is 0 Å². The molecule has 1 aromatic rings. The molecule has 0 radical (unpaired) electrons. The average Bonchev–Trinajstić information content (AvgIpc) is 2.81. The Morgan fingerprint density at radius 2 is 2.38 bits per heavy atom. The maximum Gasteiger partial charge on any atom is 0.415 e. The average molecular weight is 353 g/mol. The van der Waals surface area contributed by atoms with Crippen molar-refractivity contribution in [3.8, 4) is 0 Å². The van der Waals surface area contributed by atoms with E-state index in [-0.39, 0.29) is 11.6 Å². The highest BCUT2D eigenvalue weighted by molar-refractivity contribution is 9.10. The fraction of sp³-hybridized carbons (Fsp3) is 0.467. The monoisotopic (exact) mass is 352 g/mol. The lowest BCUT2D eigenvalue weighted by Gasteiger charge is -2.30. The van der Waals surface area contributed by atoms with Gasteiger partial charge in [0.2, 0.25) is 0 Å². The number of hydrogen-bond acceptors (Lipinski definition) is 4. The molecule has 1 atom stereocenters. The van der Waals surface area contributed by atoms with E-state index in [0.29, 0.717) is 13.2 Å². The molecule has 3 rings (SSSR count). The van der Waals surface area contributed by atoms with Crippen LogP contribution in [0.25, 0.3) is 0 Å². The molecule has 0 bridgehead atoms. The van der Waals surface area contributed by atoms with Crippen molar-refractivity contribution in [3.05, 3.63) is 33.8 Å². The Bertz CT molecular complexity index is 603. The molecule has 0 saturated heterocycles. The number of halogens is 1. The summed E-state index contributed by atoms with van der Waals surface area (Å²) in [5, 5.41) is 2.54. The molecule has 1 amide bonds. The third kappa shape index (κ3) is 3.05. The van der Waals surface area contributed by atoms with Crippen LogP contribution in [0.3, 0.4) is 0 Å². The number of hydrogen-bond donors (Lipinski definition) is 1. The normalized spacial score (nSPS) is 23.2. The summed E-state index contributed by atoms with van der Waals surface area (Å²) in [6.07, 6.45) is 2.21. The van der Waals surface area contributed by atoms with E-state index in [9.17, 15) is 4.79 Å². The number of carbonyl (C=O) groups is 1. The summed E-state index contributed by atoms with van der Waals surface area (Å²) in [5.74, 6) is 0. The quantitative estimate of drug-likeness (QED) is 0.845. The van der Waals surface area contributed by atoms with Crippen molar-refractivity contribution >= 4 is 28.0 Å². The zero-order valence-corrected chi connectivity index (χ0v) is 13.4. The maximum absolute atomic E-state index is 11.4. The Hall–Kier alpha value is -1.56. The molecule has 2 aliphatic rings. The lowest BCUT2D eigenvalue weighted by atomic mass is 9.79. The van der Waals surface area contributed by atoms with Crippen molar-refractivity contribution < 1.29 is 14.3 Å². The van der Waals surface area contributed by atoms with E-state index in [1.165, 1.54) is 11.1 Å². The predicted molar refractivity (Wildman–Crippen MR) is 82.4 cm³/mol. The zero-order valence-electron chi connectivity index (χ0n) is 11.8. The summed E-state index contributed by atoms with van der Waals surface area (Å²) >= 11 is 3.51. The molecule has 0 fully saturated rings. The van der Waals surface area contributed by atoms with Crippen molar-refractivity contribution in [2.45, 2.75) is 31.7 Å². The number of ether oxygens (including phenoxy) is 2. The van der Waals surface area contributed by atoms with Crippen LogP contribution in [0, 0.1) is 0 Å². The van der Waals surface area contributed by atoms with E-state index in [4.69, 9.17) is 9.47 Å². The molecule has 1 unspecified atom stereocenters. The largest absolute Gasteiger partial charge is 0.462 e. The Morgan fingerprint density at radius 1 is 1.52 bits per heavy atom. The number of nitrogens with one attached hydrogen (secondary N) is 1. The maximum atomic E-state index is 11.4. The second-order valence-corrected chi connectivity index (χ2v) is 6.28. The molecule has 1 aliphatic heterocycles. The molecule has 0 saturated carbocycles. The predicted octanol–water partition coefficient (Wildman–Crippen LogP) is 2.81. The van der Waals surface area contributed by atoms with Crippen LogP contribution >= 0.6 is 15.9 Å². The van der Waals surface area contributed by atoms with Gasteiger partial charge in [-0.1, -0.05) is 22.0 Å². The van der Waals surface area contributed by atoms with E-state index >= 15 is 0 Å². The number of aryl methyl sites for hydroxylation is 1. The fourth-order valence-electron chi connectivity index (χ4n) is 2.83. The summed E-state index contributed by atoms with van der Waals surface area (Å²) in [6, 6.07) is 6.64. The molecule has 1 spiro atoms. The van der Waals surface area contributed by atoms with Crippen molar-refractivity contribution in [1.29, 1.82) is 0 Å². The minimum atomic E-state index is -0.521. The Kier molecular flexibility index (Phi) is 3.89. The first-order chi connectivity index (χ1) is 10.1. The van der Waals surface area contributed by atoms with Gasteiger partial charge in [-0.25, -0.2) is 15.1 Å². The molecular formula is C15H17BrN2O3. The number of amides is 1. The second kappa shape index (κ2) is 5.67. The smallest absolute Gasteiger partial charge is 0.415 e. The van der Waals surface area contributed by atoms with E-state index in [1.807, 2.05) is 0 Å². The lowest BCUT2D eigenvalue weighted by Crippen LogP contribution is -2.35. The Balaban J connectivity index is 1.75. The van der Waals surface area contributed by atoms with Gasteiger partial charge in [-0.2, -0.15) is 0 Å². The molecule has 1 heterocycles. The first kappa shape index (κ1) is 14.4. The van der Waals surface area contributed by atoms with Gasteiger partial charge in [0.05, 0.1) is 6.61 Å². The van der Waals surface area contributed by atoms with Crippen LogP contribution in [0.4, 0.5) is 4.79 Å². The summed E-state index contributed by atoms with van der Waals surface area (Å²) in [7, 11) is 0. The topological polar surface area (TPSA) is 59.9 Å². The van der Waals surface area contributed by atoms with Crippen molar-refractivity contribution in [2.24, 2.45) is 4.99 Å². The van der Waals surface area contributed by atoms with E-state index in [0.717, 1.165) is 23.7 Å². The van der Waals surface area contributed by atoms with Crippen LogP contribution in [-0.4, -0.2) is 30.9 Å². The van der Waals surface area contributed by atoms with E-state index < -0.39 is 6.09 Å². The Labute approximate surface area is 131 Å². The van der Waals surface area contributed by atoms with E-state index in [1.54, 1.807) is 6.92 Å². The van der Waals surface area contributed by atoms with Crippen LogP contribution in [0.2, 0.25) is 0 Å². The van der Waals surface area contributed by atoms with Crippen LogP contribution in [0.5, 0.6) is 0 Å². The molecule has 5 nitrogen and oxygen atoms in total. The first-order valence-electron chi connectivity index (χ1n) is 7.04. The van der Waals surface area contributed by atoms with Gasteiger partial charge < -0.3 is 9.47 Å². The highest BCUT2D eigenvalue weighted by atomic mass is 79.9. The molecule has 112 valence electrons. The molecule has 1 N–H and O–H groups in total. The van der Waals surface area contributed by atoms with Crippen LogP contribution in [0.15, 0.2) is 27.7 Å². The first-order valence-corrected chi connectivity index (χ1v) is 7.83. The highest BCUT2D eigenvalue weighted by Gasteiger charge is 2.40. The van der Waals surface area contributed by atoms with Crippen molar-refractivity contribution in [3.63, 3.8) is 0 Å². The van der Waals surface area contributed by atoms with Gasteiger partial charge in [-0.3, -0.25) is 0 Å². The van der Waals surface area contributed by atoms with Crippen LogP contribution < -0.4 is 5.32 Å². The minimum Gasteiger partial charge on any atom is -0.462 e. The second-order valence-electron chi connectivity index (χ2n) is 5.37. The molecule has 1 aliphatic carbocycles. The van der Waals surface area contributed by atoms with Gasteiger partial charge in [0.25, 0.3) is 6.02 Å². The van der Waals surface area contributed by atoms with Crippen LogP contribution in [-0.2, 0) is 22.3 Å².